The minimum Gasteiger partial charge on any atom is -0.399 e. The topological polar surface area (TPSA) is 46.2 Å². The molecule has 1 aromatic carbocycles. The monoisotopic (exact) mass is 165 g/mol. The van der Waals surface area contributed by atoms with Gasteiger partial charge in [0, 0.05) is 5.69 Å². The smallest absolute Gasteiger partial charge is 0.0841 e. The van der Waals surface area contributed by atoms with E-state index in [2.05, 4.69) is 0 Å². The van der Waals surface area contributed by atoms with Crippen LogP contribution in [0.4, 0.5) is 5.69 Å². The summed E-state index contributed by atoms with van der Waals surface area (Å²) in [5.41, 5.74) is 7.53. The highest BCUT2D eigenvalue weighted by atomic mass is 16.3. The summed E-state index contributed by atoms with van der Waals surface area (Å²) in [6, 6.07) is 5.63. The van der Waals surface area contributed by atoms with Crippen LogP contribution >= 0.6 is 0 Å². The van der Waals surface area contributed by atoms with Crippen LogP contribution in [0.3, 0.4) is 0 Å². The Morgan fingerprint density at radius 2 is 1.92 bits per heavy atom. The predicted molar refractivity (Wildman–Crippen MR) is 50.8 cm³/mol. The van der Waals surface area contributed by atoms with E-state index in [-0.39, 0.29) is 0 Å². The van der Waals surface area contributed by atoms with Gasteiger partial charge in [0.2, 0.25) is 0 Å². The molecule has 0 saturated carbocycles. The molecule has 0 heterocycles. The normalized spacial score (nSPS) is 11.7. The molecule has 2 heteroatoms. The maximum atomic E-state index is 9.65. The SMILES string of the molecule is Cc1ccc(C(C)(C)O)cc1N. The van der Waals surface area contributed by atoms with Crippen LogP contribution in [0, 0.1) is 6.92 Å². The number of hydrogen-bond donors (Lipinski definition) is 2. The first kappa shape index (κ1) is 9.07. The lowest BCUT2D eigenvalue weighted by Gasteiger charge is -2.18. The van der Waals surface area contributed by atoms with Crippen LogP contribution in [0.5, 0.6) is 0 Å². The van der Waals surface area contributed by atoms with Gasteiger partial charge in [-0.2, -0.15) is 0 Å². The highest BCUT2D eigenvalue weighted by Gasteiger charge is 2.15. The Balaban J connectivity index is 3.14. The lowest BCUT2D eigenvalue weighted by Crippen LogP contribution is -2.15. The Bertz CT molecular complexity index is 286. The first-order chi connectivity index (χ1) is 5.41. The van der Waals surface area contributed by atoms with Crippen molar-refractivity contribution in [3.8, 4) is 0 Å². The predicted octanol–water partition coefficient (Wildman–Crippen LogP) is 1.80. The van der Waals surface area contributed by atoms with Gasteiger partial charge in [-0.1, -0.05) is 12.1 Å². The van der Waals surface area contributed by atoms with E-state index in [0.717, 1.165) is 16.8 Å². The third-order valence-corrected chi connectivity index (χ3v) is 1.99. The first-order valence-electron chi connectivity index (χ1n) is 4.00. The maximum Gasteiger partial charge on any atom is 0.0841 e. The second kappa shape index (κ2) is 2.79. The lowest BCUT2D eigenvalue weighted by molar-refractivity contribution is 0.0786. The Labute approximate surface area is 73.0 Å². The molecule has 0 unspecified atom stereocenters. The van der Waals surface area contributed by atoms with Gasteiger partial charge >= 0.3 is 0 Å². The molecule has 3 N–H and O–H groups in total. The molecule has 0 aromatic heterocycles. The fourth-order valence-corrected chi connectivity index (χ4v) is 1.02. The third kappa shape index (κ3) is 1.77. The number of aryl methyl sites for hydroxylation is 1. The molecule has 0 amide bonds. The highest BCUT2D eigenvalue weighted by Crippen LogP contribution is 2.23. The number of hydrogen-bond acceptors (Lipinski definition) is 2. The average molecular weight is 165 g/mol. The number of aliphatic hydroxyl groups is 1. The first-order valence-corrected chi connectivity index (χ1v) is 4.00. The quantitative estimate of drug-likeness (QED) is 0.623. The zero-order valence-electron chi connectivity index (χ0n) is 7.76. The van der Waals surface area contributed by atoms with Crippen LogP contribution in [-0.2, 0) is 5.60 Å². The van der Waals surface area contributed by atoms with Gasteiger partial charge in [0.15, 0.2) is 0 Å². The van der Waals surface area contributed by atoms with Gasteiger partial charge < -0.3 is 10.8 Å². The molecule has 0 fully saturated rings. The second-order valence-electron chi connectivity index (χ2n) is 3.63. The molecule has 0 atom stereocenters. The summed E-state index contributed by atoms with van der Waals surface area (Å²) < 4.78 is 0. The number of nitrogen functional groups attached to an aromatic ring is 1. The van der Waals surface area contributed by atoms with Crippen molar-refractivity contribution in [3.63, 3.8) is 0 Å². The summed E-state index contributed by atoms with van der Waals surface area (Å²) >= 11 is 0. The van der Waals surface area contributed by atoms with E-state index in [4.69, 9.17) is 5.73 Å². The number of nitrogens with two attached hydrogens (primary N) is 1. The molecule has 0 aliphatic carbocycles. The summed E-state index contributed by atoms with van der Waals surface area (Å²) in [4.78, 5) is 0. The van der Waals surface area contributed by atoms with Crippen molar-refractivity contribution in [2.24, 2.45) is 0 Å². The third-order valence-electron chi connectivity index (χ3n) is 1.99. The fraction of sp³-hybridized carbons (Fsp3) is 0.400. The molecule has 0 radical (unpaired) electrons. The van der Waals surface area contributed by atoms with E-state index in [1.54, 1.807) is 13.8 Å². The van der Waals surface area contributed by atoms with Gasteiger partial charge in [-0.3, -0.25) is 0 Å². The van der Waals surface area contributed by atoms with Crippen molar-refractivity contribution in [3.05, 3.63) is 29.3 Å². The van der Waals surface area contributed by atoms with Gasteiger partial charge in [0.25, 0.3) is 0 Å². The van der Waals surface area contributed by atoms with E-state index in [9.17, 15) is 5.11 Å². The second-order valence-corrected chi connectivity index (χ2v) is 3.63. The van der Waals surface area contributed by atoms with Crippen molar-refractivity contribution in [1.82, 2.24) is 0 Å². The van der Waals surface area contributed by atoms with Crippen molar-refractivity contribution in [2.45, 2.75) is 26.4 Å². The summed E-state index contributed by atoms with van der Waals surface area (Å²) in [6.07, 6.45) is 0. The van der Waals surface area contributed by atoms with Crippen LogP contribution in [0.1, 0.15) is 25.0 Å². The van der Waals surface area contributed by atoms with Gasteiger partial charge in [-0.25, -0.2) is 0 Å². The van der Waals surface area contributed by atoms with E-state index in [1.165, 1.54) is 0 Å². The van der Waals surface area contributed by atoms with Crippen molar-refractivity contribution < 1.29 is 5.11 Å². The Morgan fingerprint density at radius 3 is 2.33 bits per heavy atom. The van der Waals surface area contributed by atoms with Gasteiger partial charge in [-0.15, -0.1) is 0 Å². The standard InChI is InChI=1S/C10H15NO/c1-7-4-5-8(6-9(7)11)10(2,3)12/h4-6,12H,11H2,1-3H3. The molecule has 0 aliphatic heterocycles. The van der Waals surface area contributed by atoms with Gasteiger partial charge in [-0.05, 0) is 38.0 Å². The highest BCUT2D eigenvalue weighted by molar-refractivity contribution is 5.49. The lowest BCUT2D eigenvalue weighted by atomic mass is 9.97. The molecule has 0 spiro atoms. The van der Waals surface area contributed by atoms with Gasteiger partial charge in [0.1, 0.15) is 0 Å². The maximum absolute atomic E-state index is 9.65. The minimum atomic E-state index is -0.804. The van der Waals surface area contributed by atoms with Crippen molar-refractivity contribution >= 4 is 5.69 Å². The molecule has 2 nitrogen and oxygen atoms in total. The number of benzene rings is 1. The Morgan fingerprint density at radius 1 is 1.33 bits per heavy atom. The zero-order chi connectivity index (χ0) is 9.35. The molecular formula is C10H15NO. The molecule has 0 saturated heterocycles. The molecule has 66 valence electrons. The largest absolute Gasteiger partial charge is 0.399 e. The van der Waals surface area contributed by atoms with Crippen LogP contribution in [0.25, 0.3) is 0 Å². The van der Waals surface area contributed by atoms with Gasteiger partial charge in [0.05, 0.1) is 5.60 Å². The molecule has 1 aromatic rings. The number of anilines is 1. The Hall–Kier alpha value is -1.02. The molecule has 0 bridgehead atoms. The Kier molecular flexibility index (Phi) is 2.11. The van der Waals surface area contributed by atoms with Crippen molar-refractivity contribution in [2.75, 3.05) is 5.73 Å². The van der Waals surface area contributed by atoms with E-state index >= 15 is 0 Å². The van der Waals surface area contributed by atoms with Crippen LogP contribution in [0.2, 0.25) is 0 Å². The van der Waals surface area contributed by atoms with Crippen LogP contribution in [-0.4, -0.2) is 5.11 Å². The average Bonchev–Trinajstić information content (AvgIpc) is 1.92. The zero-order valence-corrected chi connectivity index (χ0v) is 7.76. The number of rotatable bonds is 1. The molecule has 12 heavy (non-hydrogen) atoms. The molecular weight excluding hydrogens is 150 g/mol. The molecule has 1 rings (SSSR count). The fourth-order valence-electron chi connectivity index (χ4n) is 1.02. The van der Waals surface area contributed by atoms with Crippen LogP contribution in [0.15, 0.2) is 18.2 Å². The summed E-state index contributed by atoms with van der Waals surface area (Å²) in [5.74, 6) is 0. The van der Waals surface area contributed by atoms with Crippen molar-refractivity contribution in [1.29, 1.82) is 0 Å². The summed E-state index contributed by atoms with van der Waals surface area (Å²) in [5, 5.41) is 9.65. The van der Waals surface area contributed by atoms with E-state index < -0.39 is 5.60 Å². The summed E-state index contributed by atoms with van der Waals surface area (Å²) in [7, 11) is 0. The van der Waals surface area contributed by atoms with E-state index in [1.807, 2.05) is 25.1 Å². The van der Waals surface area contributed by atoms with E-state index in [0.29, 0.717) is 0 Å². The van der Waals surface area contributed by atoms with Crippen LogP contribution < -0.4 is 5.73 Å². The minimum absolute atomic E-state index is 0.731. The summed E-state index contributed by atoms with van der Waals surface area (Å²) in [6.45, 7) is 5.44. The molecule has 0 aliphatic rings.